The molecule has 1 aliphatic rings. The van der Waals surface area contributed by atoms with Crippen LogP contribution in [0.3, 0.4) is 0 Å². The molecule has 4 heteroatoms. The van der Waals surface area contributed by atoms with Gasteiger partial charge in [-0.25, -0.2) is 4.39 Å². The van der Waals surface area contributed by atoms with Gasteiger partial charge in [-0.05, 0) is 47.9 Å². The second-order valence-electron chi connectivity index (χ2n) is 4.88. The van der Waals surface area contributed by atoms with E-state index in [-0.39, 0.29) is 18.0 Å². The number of fused-ring (bicyclic) bond motifs is 1. The lowest BCUT2D eigenvalue weighted by atomic mass is 10.0. The van der Waals surface area contributed by atoms with Crippen molar-refractivity contribution in [2.24, 2.45) is 0 Å². The van der Waals surface area contributed by atoms with Crippen molar-refractivity contribution >= 4 is 27.4 Å². The normalized spacial score (nSPS) is 12.9. The summed E-state index contributed by atoms with van der Waals surface area (Å²) in [7, 11) is 0. The molecule has 0 saturated heterocycles. The highest BCUT2D eigenvalue weighted by atomic mass is 79.9. The minimum absolute atomic E-state index is 0.0482. The number of anilines is 1. The van der Waals surface area contributed by atoms with E-state index in [0.717, 1.165) is 24.2 Å². The van der Waals surface area contributed by atoms with E-state index in [1.807, 2.05) is 18.2 Å². The predicted molar refractivity (Wildman–Crippen MR) is 80.8 cm³/mol. The lowest BCUT2D eigenvalue weighted by Crippen LogP contribution is -2.04. The van der Waals surface area contributed by atoms with Crippen LogP contribution in [-0.2, 0) is 12.8 Å². The Balaban J connectivity index is 1.82. The Morgan fingerprint density at radius 2 is 2.10 bits per heavy atom. The first-order valence-corrected chi connectivity index (χ1v) is 7.27. The molecule has 1 aliphatic heterocycles. The third-order valence-corrected chi connectivity index (χ3v) is 4.24. The Labute approximate surface area is 125 Å². The van der Waals surface area contributed by atoms with Crippen LogP contribution in [0.2, 0.25) is 0 Å². The van der Waals surface area contributed by atoms with Gasteiger partial charge in [0.25, 0.3) is 0 Å². The predicted octanol–water partition coefficient (Wildman–Crippen LogP) is 3.98. The van der Waals surface area contributed by atoms with Crippen LogP contribution in [0.5, 0.6) is 0 Å². The zero-order chi connectivity index (χ0) is 14.1. The summed E-state index contributed by atoms with van der Waals surface area (Å²) in [5.74, 6) is -0.260. The summed E-state index contributed by atoms with van der Waals surface area (Å²) >= 11 is 3.30. The first kappa shape index (κ1) is 13.3. The first-order chi connectivity index (χ1) is 9.63. The van der Waals surface area contributed by atoms with Gasteiger partial charge in [-0.3, -0.25) is 4.79 Å². The maximum Gasteiger partial charge on any atom is 0.167 e. The standard InChI is InChI=1S/C16H13BrFNO/c17-14-9-13(18)3-1-10(14)8-16(20)12-2-4-15-11(7-12)5-6-19-15/h1-4,7,9,19H,5-6,8H2. The molecular formula is C16H13BrFNO. The van der Waals surface area contributed by atoms with E-state index in [1.54, 1.807) is 6.07 Å². The summed E-state index contributed by atoms with van der Waals surface area (Å²) in [4.78, 5) is 12.3. The van der Waals surface area contributed by atoms with Crippen molar-refractivity contribution in [3.8, 4) is 0 Å². The Hall–Kier alpha value is -1.68. The van der Waals surface area contributed by atoms with Crippen LogP contribution in [-0.4, -0.2) is 12.3 Å². The zero-order valence-electron chi connectivity index (χ0n) is 10.7. The highest BCUT2D eigenvalue weighted by Gasteiger charge is 2.14. The molecule has 0 bridgehead atoms. The number of hydrogen-bond donors (Lipinski definition) is 1. The van der Waals surface area contributed by atoms with E-state index in [4.69, 9.17) is 0 Å². The lowest BCUT2D eigenvalue weighted by Gasteiger charge is -2.06. The molecule has 2 aromatic rings. The van der Waals surface area contributed by atoms with E-state index in [1.165, 1.54) is 17.7 Å². The van der Waals surface area contributed by atoms with Crippen molar-refractivity contribution in [3.63, 3.8) is 0 Å². The molecule has 0 spiro atoms. The molecule has 0 aliphatic carbocycles. The van der Waals surface area contributed by atoms with Crippen LogP contribution in [0, 0.1) is 5.82 Å². The van der Waals surface area contributed by atoms with Crippen LogP contribution >= 0.6 is 15.9 Å². The molecular weight excluding hydrogens is 321 g/mol. The van der Waals surface area contributed by atoms with Gasteiger partial charge >= 0.3 is 0 Å². The van der Waals surface area contributed by atoms with Crippen molar-refractivity contribution in [1.82, 2.24) is 0 Å². The maximum absolute atomic E-state index is 13.0. The maximum atomic E-state index is 13.0. The molecule has 0 fully saturated rings. The van der Waals surface area contributed by atoms with E-state index < -0.39 is 0 Å². The van der Waals surface area contributed by atoms with Gasteiger partial charge in [0.2, 0.25) is 0 Å². The largest absolute Gasteiger partial charge is 0.384 e. The minimum Gasteiger partial charge on any atom is -0.384 e. The van der Waals surface area contributed by atoms with Crippen molar-refractivity contribution in [1.29, 1.82) is 0 Å². The number of hydrogen-bond acceptors (Lipinski definition) is 2. The van der Waals surface area contributed by atoms with E-state index in [2.05, 4.69) is 21.2 Å². The number of carbonyl (C=O) groups is 1. The smallest absolute Gasteiger partial charge is 0.167 e. The van der Waals surface area contributed by atoms with E-state index >= 15 is 0 Å². The van der Waals surface area contributed by atoms with E-state index in [9.17, 15) is 9.18 Å². The van der Waals surface area contributed by atoms with Crippen LogP contribution in [0.25, 0.3) is 0 Å². The second-order valence-corrected chi connectivity index (χ2v) is 5.74. The monoisotopic (exact) mass is 333 g/mol. The first-order valence-electron chi connectivity index (χ1n) is 6.47. The summed E-state index contributed by atoms with van der Waals surface area (Å²) < 4.78 is 13.7. The Bertz CT molecular complexity index is 684. The molecule has 0 saturated carbocycles. The number of benzene rings is 2. The fourth-order valence-electron chi connectivity index (χ4n) is 2.42. The average Bonchev–Trinajstić information content (AvgIpc) is 2.89. The molecule has 0 amide bonds. The van der Waals surface area contributed by atoms with Gasteiger partial charge in [0.1, 0.15) is 5.82 Å². The number of ketones is 1. The molecule has 0 unspecified atom stereocenters. The van der Waals surface area contributed by atoms with Gasteiger partial charge in [0, 0.05) is 28.7 Å². The molecule has 20 heavy (non-hydrogen) atoms. The molecule has 0 radical (unpaired) electrons. The Kier molecular flexibility index (Phi) is 3.57. The topological polar surface area (TPSA) is 29.1 Å². The van der Waals surface area contributed by atoms with Crippen molar-refractivity contribution in [2.45, 2.75) is 12.8 Å². The fraction of sp³-hybridized carbons (Fsp3) is 0.188. The number of rotatable bonds is 3. The van der Waals surface area contributed by atoms with E-state index in [0.29, 0.717) is 10.0 Å². The molecule has 0 atom stereocenters. The van der Waals surface area contributed by atoms with Crippen LogP contribution < -0.4 is 5.32 Å². The lowest BCUT2D eigenvalue weighted by molar-refractivity contribution is 0.0992. The van der Waals surface area contributed by atoms with Crippen LogP contribution in [0.4, 0.5) is 10.1 Å². The minimum atomic E-state index is -0.309. The van der Waals surface area contributed by atoms with Crippen molar-refractivity contribution in [3.05, 3.63) is 63.4 Å². The van der Waals surface area contributed by atoms with Gasteiger partial charge in [-0.1, -0.05) is 22.0 Å². The average molecular weight is 334 g/mol. The quantitative estimate of drug-likeness (QED) is 0.861. The molecule has 2 aromatic carbocycles. The molecule has 0 aromatic heterocycles. The number of nitrogens with one attached hydrogen (secondary N) is 1. The molecule has 1 N–H and O–H groups in total. The van der Waals surface area contributed by atoms with Crippen LogP contribution in [0.15, 0.2) is 40.9 Å². The summed E-state index contributed by atoms with van der Waals surface area (Å²) in [6, 6.07) is 10.2. The highest BCUT2D eigenvalue weighted by Crippen LogP contribution is 2.25. The number of halogens is 2. The van der Waals surface area contributed by atoms with Gasteiger partial charge in [-0.2, -0.15) is 0 Å². The summed E-state index contributed by atoms with van der Waals surface area (Å²) in [5.41, 5.74) is 3.82. The SMILES string of the molecule is O=C(Cc1ccc(F)cc1Br)c1ccc2c(c1)CCN2. The third kappa shape index (κ3) is 2.61. The number of carbonyl (C=O) groups excluding carboxylic acids is 1. The van der Waals surface area contributed by atoms with Crippen molar-refractivity contribution < 1.29 is 9.18 Å². The van der Waals surface area contributed by atoms with Gasteiger partial charge < -0.3 is 5.32 Å². The third-order valence-electron chi connectivity index (χ3n) is 3.50. The fourth-order valence-corrected chi connectivity index (χ4v) is 2.91. The van der Waals surface area contributed by atoms with Gasteiger partial charge in [0.15, 0.2) is 5.78 Å². The van der Waals surface area contributed by atoms with Crippen molar-refractivity contribution in [2.75, 3.05) is 11.9 Å². The molecule has 3 rings (SSSR count). The van der Waals surface area contributed by atoms with Gasteiger partial charge in [0.05, 0.1) is 0 Å². The number of Topliss-reactive ketones (excluding diaryl/α,β-unsaturated/α-hetero) is 1. The van der Waals surface area contributed by atoms with Crippen LogP contribution in [0.1, 0.15) is 21.5 Å². The zero-order valence-corrected chi connectivity index (χ0v) is 12.3. The highest BCUT2D eigenvalue weighted by molar-refractivity contribution is 9.10. The van der Waals surface area contributed by atoms with Gasteiger partial charge in [-0.15, -0.1) is 0 Å². The molecule has 102 valence electrons. The summed E-state index contributed by atoms with van der Waals surface area (Å²) in [5, 5.41) is 3.27. The Morgan fingerprint density at radius 3 is 2.90 bits per heavy atom. The summed E-state index contributed by atoms with van der Waals surface area (Å²) in [6.45, 7) is 0.927. The summed E-state index contributed by atoms with van der Waals surface area (Å²) in [6.07, 6.45) is 1.23. The molecule has 2 nitrogen and oxygen atoms in total. The second kappa shape index (κ2) is 5.37. The Morgan fingerprint density at radius 1 is 1.25 bits per heavy atom. The molecule has 1 heterocycles.